The van der Waals surface area contributed by atoms with Gasteiger partial charge in [0.05, 0.1) is 30.8 Å². The molecule has 0 spiro atoms. The molecule has 7 nitrogen and oxygen atoms in total. The van der Waals surface area contributed by atoms with Crippen molar-refractivity contribution in [3.63, 3.8) is 0 Å². The number of carbonyl (C=O) groups is 1. The third-order valence-electron chi connectivity index (χ3n) is 5.66. The van der Waals surface area contributed by atoms with Crippen molar-refractivity contribution in [3.05, 3.63) is 95.6 Å². The molecule has 1 amide bonds. The maximum atomic E-state index is 13.1. The van der Waals surface area contributed by atoms with E-state index in [9.17, 15) is 13.2 Å². The summed E-state index contributed by atoms with van der Waals surface area (Å²) in [5.74, 6) is 0.472. The molecule has 0 aliphatic carbocycles. The Bertz CT molecular complexity index is 1190. The number of morpholine rings is 1. The monoisotopic (exact) mass is 480 g/mol. The Morgan fingerprint density at radius 2 is 1.56 bits per heavy atom. The molecule has 1 saturated heterocycles. The highest BCUT2D eigenvalue weighted by molar-refractivity contribution is 7.89. The number of amides is 1. The van der Waals surface area contributed by atoms with E-state index in [1.54, 1.807) is 12.1 Å². The van der Waals surface area contributed by atoms with Gasteiger partial charge in [0.2, 0.25) is 10.0 Å². The fourth-order valence-electron chi connectivity index (χ4n) is 3.86. The molecule has 0 saturated carbocycles. The molecule has 34 heavy (non-hydrogen) atoms. The minimum Gasteiger partial charge on any atom is -0.494 e. The summed E-state index contributed by atoms with van der Waals surface area (Å²) in [7, 11) is -3.61. The quantitative estimate of drug-likeness (QED) is 0.532. The molecule has 0 bridgehead atoms. The number of sulfonamides is 1. The van der Waals surface area contributed by atoms with Crippen LogP contribution in [0.1, 0.15) is 34.5 Å². The van der Waals surface area contributed by atoms with E-state index in [0.29, 0.717) is 38.5 Å². The van der Waals surface area contributed by atoms with Crippen LogP contribution < -0.4 is 10.1 Å². The Balaban J connectivity index is 1.54. The lowest BCUT2D eigenvalue weighted by Gasteiger charge is -2.26. The van der Waals surface area contributed by atoms with Gasteiger partial charge in [-0.25, -0.2) is 8.42 Å². The number of carbonyl (C=O) groups excluding carboxylic acids is 1. The Morgan fingerprint density at radius 1 is 0.941 bits per heavy atom. The average molecular weight is 481 g/mol. The maximum absolute atomic E-state index is 13.1. The number of nitrogens with one attached hydrogen (secondary N) is 1. The summed E-state index contributed by atoms with van der Waals surface area (Å²) in [5, 5.41) is 3.08. The molecule has 1 unspecified atom stereocenters. The van der Waals surface area contributed by atoms with Crippen LogP contribution in [0, 0.1) is 0 Å². The van der Waals surface area contributed by atoms with Crippen molar-refractivity contribution in [2.45, 2.75) is 17.9 Å². The Hall–Kier alpha value is -3.20. The zero-order valence-corrected chi connectivity index (χ0v) is 19.8. The maximum Gasteiger partial charge on any atom is 0.252 e. The van der Waals surface area contributed by atoms with Crippen LogP contribution in [0.15, 0.2) is 83.8 Å². The van der Waals surface area contributed by atoms with E-state index in [2.05, 4.69) is 5.32 Å². The lowest BCUT2D eigenvalue weighted by atomic mass is 9.98. The second kappa shape index (κ2) is 10.8. The van der Waals surface area contributed by atoms with Crippen LogP contribution in [0.5, 0.6) is 5.75 Å². The highest BCUT2D eigenvalue weighted by Gasteiger charge is 2.26. The number of rotatable bonds is 8. The molecule has 4 rings (SSSR count). The number of hydrogen-bond donors (Lipinski definition) is 1. The Morgan fingerprint density at radius 3 is 2.18 bits per heavy atom. The summed E-state index contributed by atoms with van der Waals surface area (Å²) in [6.07, 6.45) is 0. The van der Waals surface area contributed by atoms with Crippen LogP contribution in [-0.2, 0) is 14.8 Å². The van der Waals surface area contributed by atoms with E-state index in [-0.39, 0.29) is 16.8 Å². The topological polar surface area (TPSA) is 84.9 Å². The van der Waals surface area contributed by atoms with Crippen molar-refractivity contribution in [2.24, 2.45) is 0 Å². The van der Waals surface area contributed by atoms with Crippen molar-refractivity contribution in [3.8, 4) is 5.75 Å². The number of nitrogens with zero attached hydrogens (tertiary/aromatic N) is 1. The van der Waals surface area contributed by atoms with Crippen LogP contribution in [0.2, 0.25) is 0 Å². The summed E-state index contributed by atoms with van der Waals surface area (Å²) in [6.45, 7) is 3.92. The zero-order valence-electron chi connectivity index (χ0n) is 19.0. The summed E-state index contributed by atoms with van der Waals surface area (Å²) in [4.78, 5) is 13.3. The summed E-state index contributed by atoms with van der Waals surface area (Å²) in [5.41, 5.74) is 2.23. The molecular weight excluding hydrogens is 452 g/mol. The first kappa shape index (κ1) is 23.9. The molecule has 1 aliphatic heterocycles. The lowest BCUT2D eigenvalue weighted by molar-refractivity contribution is 0.0730. The fraction of sp³-hybridized carbons (Fsp3) is 0.269. The number of ether oxygens (including phenoxy) is 2. The third kappa shape index (κ3) is 5.47. The molecule has 0 radical (unpaired) electrons. The van der Waals surface area contributed by atoms with E-state index < -0.39 is 10.0 Å². The van der Waals surface area contributed by atoms with Gasteiger partial charge < -0.3 is 14.8 Å². The predicted molar refractivity (Wildman–Crippen MR) is 129 cm³/mol. The smallest absolute Gasteiger partial charge is 0.252 e. The van der Waals surface area contributed by atoms with Crippen LogP contribution >= 0.6 is 0 Å². The van der Waals surface area contributed by atoms with Crippen LogP contribution in [0.25, 0.3) is 0 Å². The van der Waals surface area contributed by atoms with Crippen molar-refractivity contribution >= 4 is 15.9 Å². The highest BCUT2D eigenvalue weighted by Crippen LogP contribution is 2.25. The molecule has 3 aromatic carbocycles. The SMILES string of the molecule is CCOc1ccc(C(NC(=O)c2ccc(S(=O)(=O)N3CCOCC3)cc2)c2ccccc2)cc1. The first-order valence-electron chi connectivity index (χ1n) is 11.3. The fourth-order valence-corrected chi connectivity index (χ4v) is 5.26. The normalized spacial score (nSPS) is 15.4. The largest absolute Gasteiger partial charge is 0.494 e. The van der Waals surface area contributed by atoms with Crippen molar-refractivity contribution in [1.82, 2.24) is 9.62 Å². The van der Waals surface area contributed by atoms with Gasteiger partial charge in [-0.2, -0.15) is 4.31 Å². The van der Waals surface area contributed by atoms with Gasteiger partial charge in [-0.15, -0.1) is 0 Å². The third-order valence-corrected chi connectivity index (χ3v) is 7.57. The molecule has 0 aromatic heterocycles. The molecule has 3 aromatic rings. The van der Waals surface area contributed by atoms with Gasteiger partial charge in [-0.1, -0.05) is 42.5 Å². The lowest BCUT2D eigenvalue weighted by Crippen LogP contribution is -2.40. The van der Waals surface area contributed by atoms with Crippen molar-refractivity contribution < 1.29 is 22.7 Å². The van der Waals surface area contributed by atoms with Gasteiger partial charge >= 0.3 is 0 Å². The highest BCUT2D eigenvalue weighted by atomic mass is 32.2. The minimum absolute atomic E-state index is 0.164. The van der Waals surface area contributed by atoms with Crippen LogP contribution in [-0.4, -0.2) is 51.5 Å². The second-order valence-electron chi connectivity index (χ2n) is 7.86. The minimum atomic E-state index is -3.61. The van der Waals surface area contributed by atoms with Crippen molar-refractivity contribution in [2.75, 3.05) is 32.9 Å². The van der Waals surface area contributed by atoms with Crippen LogP contribution in [0.4, 0.5) is 0 Å². The number of benzene rings is 3. The second-order valence-corrected chi connectivity index (χ2v) is 9.80. The zero-order chi connectivity index (χ0) is 24.0. The Labute approximate surface area is 200 Å². The van der Waals surface area contributed by atoms with Gasteiger partial charge in [0.15, 0.2) is 0 Å². The molecular formula is C26H28N2O5S. The summed E-state index contributed by atoms with van der Waals surface area (Å²) >= 11 is 0. The van der Waals surface area contributed by atoms with Crippen LogP contribution in [0.3, 0.4) is 0 Å². The first-order valence-corrected chi connectivity index (χ1v) is 12.7. The van der Waals surface area contributed by atoms with Gasteiger partial charge in [0.25, 0.3) is 5.91 Å². The molecule has 1 N–H and O–H groups in total. The molecule has 8 heteroatoms. The van der Waals surface area contributed by atoms with Crippen molar-refractivity contribution in [1.29, 1.82) is 0 Å². The predicted octanol–water partition coefficient (Wildman–Crippen LogP) is 3.63. The summed E-state index contributed by atoms with van der Waals surface area (Å²) < 4.78 is 37.9. The molecule has 178 valence electrons. The van der Waals surface area contributed by atoms with E-state index in [4.69, 9.17) is 9.47 Å². The molecule has 1 fully saturated rings. The van der Waals surface area contributed by atoms with Gasteiger partial charge in [-0.3, -0.25) is 4.79 Å². The standard InChI is InChI=1S/C26H28N2O5S/c1-2-33-23-12-8-21(9-13-23)25(20-6-4-3-5-7-20)27-26(29)22-10-14-24(15-11-22)34(30,31)28-16-18-32-19-17-28/h3-15,25H,2,16-19H2,1H3,(H,27,29). The van der Waals surface area contributed by atoms with E-state index in [1.165, 1.54) is 16.4 Å². The van der Waals surface area contributed by atoms with E-state index in [0.717, 1.165) is 16.9 Å². The average Bonchev–Trinajstić information content (AvgIpc) is 2.89. The Kier molecular flexibility index (Phi) is 7.62. The van der Waals surface area contributed by atoms with Gasteiger partial charge in [0, 0.05) is 18.7 Å². The van der Waals surface area contributed by atoms with Gasteiger partial charge in [0.1, 0.15) is 5.75 Å². The number of hydrogen-bond acceptors (Lipinski definition) is 5. The van der Waals surface area contributed by atoms with Gasteiger partial charge in [-0.05, 0) is 54.4 Å². The molecule has 1 atom stereocenters. The molecule has 1 heterocycles. The molecule has 1 aliphatic rings. The van der Waals surface area contributed by atoms with E-state index in [1.807, 2.05) is 61.5 Å². The van der Waals surface area contributed by atoms with E-state index >= 15 is 0 Å². The first-order chi connectivity index (χ1) is 16.5. The summed E-state index contributed by atoms with van der Waals surface area (Å²) in [6, 6.07) is 23.0.